The number of fused-ring (bicyclic) bond motifs is 3. The van der Waals surface area contributed by atoms with E-state index in [9.17, 15) is 19.2 Å². The molecule has 4 amide bonds. The number of amides is 4. The zero-order chi connectivity index (χ0) is 29.5. The average Bonchev–Trinajstić information content (AvgIpc) is 3.29. The van der Waals surface area contributed by atoms with Gasteiger partial charge in [-0.05, 0) is 22.3 Å². The third kappa shape index (κ3) is 10.6. The quantitative estimate of drug-likeness (QED) is 0.186. The minimum Gasteiger partial charge on any atom is -0.449 e. The van der Waals surface area contributed by atoms with Crippen molar-refractivity contribution >= 4 is 45.4 Å². The van der Waals surface area contributed by atoms with Crippen LogP contribution in [0.2, 0.25) is 0 Å². The maximum Gasteiger partial charge on any atom is 0.407 e. The molecule has 0 heterocycles. The van der Waals surface area contributed by atoms with E-state index in [0.717, 1.165) is 0 Å². The Labute approximate surface area is 249 Å². The van der Waals surface area contributed by atoms with Crippen LogP contribution in [0, 0.1) is 0 Å². The van der Waals surface area contributed by atoms with E-state index in [-0.39, 0.29) is 49.6 Å². The molecule has 3 rings (SSSR count). The largest absolute Gasteiger partial charge is 0.449 e. The molecule has 0 spiro atoms. The topological polar surface area (TPSA) is 126 Å². The van der Waals surface area contributed by atoms with Crippen molar-refractivity contribution in [1.29, 1.82) is 0 Å². The molecule has 1 aliphatic rings. The average molecular weight is 603 g/mol. The zero-order valence-electron chi connectivity index (χ0n) is 23.5. The van der Waals surface area contributed by atoms with E-state index >= 15 is 0 Å². The van der Waals surface area contributed by atoms with Crippen molar-refractivity contribution in [2.45, 2.75) is 18.8 Å². The molecule has 2 aromatic rings. The number of carbonyl (C=O) groups is 4. The predicted molar refractivity (Wildman–Crippen MR) is 163 cm³/mol. The Kier molecular flexibility index (Phi) is 13.8. The van der Waals surface area contributed by atoms with Crippen molar-refractivity contribution in [3.05, 3.63) is 59.7 Å². The first-order valence-electron chi connectivity index (χ1n) is 13.5. The summed E-state index contributed by atoms with van der Waals surface area (Å²) in [6.45, 7) is 1.95. The summed E-state index contributed by atoms with van der Waals surface area (Å²) in [5.74, 6) is 0.671. The monoisotopic (exact) mass is 602 g/mol. The number of ether oxygens (including phenoxy) is 2. The van der Waals surface area contributed by atoms with E-state index in [1.165, 1.54) is 34.2 Å². The lowest BCUT2D eigenvalue weighted by Gasteiger charge is -2.16. The van der Waals surface area contributed by atoms with Gasteiger partial charge in [-0.15, -0.1) is 0 Å². The van der Waals surface area contributed by atoms with Gasteiger partial charge < -0.3 is 30.3 Å². The van der Waals surface area contributed by atoms with E-state index in [4.69, 9.17) is 9.47 Å². The van der Waals surface area contributed by atoms with Gasteiger partial charge in [-0.25, -0.2) is 4.79 Å². The van der Waals surface area contributed by atoms with Gasteiger partial charge in [0.05, 0.1) is 13.2 Å². The molecule has 0 fully saturated rings. The third-order valence-corrected chi connectivity index (χ3v) is 8.80. The number of methoxy groups -OCH3 is 1. The normalized spacial score (nSPS) is 11.8. The van der Waals surface area contributed by atoms with Gasteiger partial charge in [0, 0.05) is 64.1 Å². The highest BCUT2D eigenvalue weighted by atomic mass is 33.1. The van der Waals surface area contributed by atoms with Crippen LogP contribution in [0.5, 0.6) is 0 Å². The highest BCUT2D eigenvalue weighted by Gasteiger charge is 2.28. The lowest BCUT2D eigenvalue weighted by molar-refractivity contribution is -0.136. The molecular formula is C29H38N4O6S2. The molecule has 0 bridgehead atoms. The molecule has 10 nitrogen and oxygen atoms in total. The summed E-state index contributed by atoms with van der Waals surface area (Å²) in [4.78, 5) is 49.5. The van der Waals surface area contributed by atoms with Gasteiger partial charge in [0.25, 0.3) is 0 Å². The minimum atomic E-state index is -0.434. The standard InChI is InChI=1S/C29H38N4O6S2/c1-33(19-27(35)30-13-16-38-2)28(36)12-11-26(34)31-14-17-40-41-18-15-32-29(37)39-20-25-23-9-5-3-7-21(23)22-8-4-6-10-24(22)25/h3-10,25H,11-20H2,1-2H3,(H,30,35)(H,31,34)(H,32,37). The molecule has 0 saturated heterocycles. The Bertz CT molecular complexity index is 1140. The van der Waals surface area contributed by atoms with E-state index in [0.29, 0.717) is 37.7 Å². The molecule has 3 N–H and O–H groups in total. The van der Waals surface area contributed by atoms with Crippen LogP contribution in [0.3, 0.4) is 0 Å². The Morgan fingerprint density at radius 3 is 2.02 bits per heavy atom. The number of nitrogens with one attached hydrogen (secondary N) is 3. The van der Waals surface area contributed by atoms with Crippen LogP contribution in [0.25, 0.3) is 11.1 Å². The molecule has 0 saturated carbocycles. The molecule has 1 aliphatic carbocycles. The molecule has 0 unspecified atom stereocenters. The van der Waals surface area contributed by atoms with Crippen molar-refractivity contribution in [3.63, 3.8) is 0 Å². The summed E-state index contributed by atoms with van der Waals surface area (Å²) >= 11 is 0. The van der Waals surface area contributed by atoms with Crippen LogP contribution in [-0.2, 0) is 23.9 Å². The molecular weight excluding hydrogens is 564 g/mol. The van der Waals surface area contributed by atoms with Crippen molar-refractivity contribution in [2.24, 2.45) is 0 Å². The van der Waals surface area contributed by atoms with E-state index < -0.39 is 6.09 Å². The van der Waals surface area contributed by atoms with Gasteiger partial charge in [-0.3, -0.25) is 14.4 Å². The lowest BCUT2D eigenvalue weighted by Crippen LogP contribution is -2.39. The fourth-order valence-electron chi connectivity index (χ4n) is 4.35. The van der Waals surface area contributed by atoms with E-state index in [1.54, 1.807) is 28.7 Å². The fourth-order valence-corrected chi connectivity index (χ4v) is 6.16. The summed E-state index contributed by atoms with van der Waals surface area (Å²) < 4.78 is 10.4. The number of benzene rings is 2. The zero-order valence-corrected chi connectivity index (χ0v) is 25.1. The Morgan fingerprint density at radius 1 is 0.805 bits per heavy atom. The van der Waals surface area contributed by atoms with Crippen molar-refractivity contribution in [1.82, 2.24) is 20.9 Å². The summed E-state index contributed by atoms with van der Waals surface area (Å²) in [5, 5.41) is 8.23. The van der Waals surface area contributed by atoms with Crippen LogP contribution < -0.4 is 16.0 Å². The summed E-state index contributed by atoms with van der Waals surface area (Å²) in [7, 11) is 6.26. The number of carbonyl (C=O) groups excluding carboxylic acids is 4. The van der Waals surface area contributed by atoms with Crippen LogP contribution in [0.4, 0.5) is 4.79 Å². The number of likely N-dealkylation sites (N-methyl/N-ethyl adjacent to an activating group) is 1. The molecule has 0 radical (unpaired) electrons. The lowest BCUT2D eigenvalue weighted by atomic mass is 9.98. The van der Waals surface area contributed by atoms with Crippen LogP contribution in [0.1, 0.15) is 29.9 Å². The van der Waals surface area contributed by atoms with Crippen molar-refractivity contribution in [2.75, 3.05) is 65.1 Å². The SMILES string of the molecule is COCCNC(=O)CN(C)C(=O)CCC(=O)NCCSSCCNC(=O)OCC1c2ccccc2-c2ccccc21. The summed E-state index contributed by atoms with van der Waals surface area (Å²) in [6.07, 6.45) is -0.329. The highest BCUT2D eigenvalue weighted by molar-refractivity contribution is 8.76. The highest BCUT2D eigenvalue weighted by Crippen LogP contribution is 2.44. The first-order chi connectivity index (χ1) is 19.9. The Hall–Kier alpha value is -3.22. The number of rotatable bonds is 17. The first kappa shape index (κ1) is 32.3. The van der Waals surface area contributed by atoms with Gasteiger partial charge >= 0.3 is 6.09 Å². The van der Waals surface area contributed by atoms with E-state index in [2.05, 4.69) is 40.2 Å². The van der Waals surface area contributed by atoms with Crippen molar-refractivity contribution < 1.29 is 28.7 Å². The molecule has 12 heteroatoms. The van der Waals surface area contributed by atoms with Crippen LogP contribution in [-0.4, -0.2) is 93.8 Å². The Balaban J connectivity index is 1.19. The number of hydrogen-bond acceptors (Lipinski definition) is 8. The Morgan fingerprint density at radius 2 is 1.39 bits per heavy atom. The number of hydrogen-bond donors (Lipinski definition) is 3. The van der Waals surface area contributed by atoms with E-state index in [1.807, 2.05) is 24.3 Å². The molecule has 0 atom stereocenters. The summed E-state index contributed by atoms with van der Waals surface area (Å²) in [5.41, 5.74) is 4.74. The predicted octanol–water partition coefficient (Wildman–Crippen LogP) is 3.02. The summed E-state index contributed by atoms with van der Waals surface area (Å²) in [6, 6.07) is 16.4. The van der Waals surface area contributed by atoms with Gasteiger partial charge in [0.15, 0.2) is 0 Å². The maximum absolute atomic E-state index is 12.2. The third-order valence-electron chi connectivity index (χ3n) is 6.39. The second kappa shape index (κ2) is 17.6. The van der Waals surface area contributed by atoms with Gasteiger partial charge in [-0.2, -0.15) is 0 Å². The molecule has 222 valence electrons. The van der Waals surface area contributed by atoms with Gasteiger partial charge in [-0.1, -0.05) is 70.1 Å². The number of alkyl carbamates (subject to hydrolysis) is 1. The first-order valence-corrected chi connectivity index (χ1v) is 16.0. The molecule has 41 heavy (non-hydrogen) atoms. The minimum absolute atomic E-state index is 0.0325. The molecule has 0 aromatic heterocycles. The maximum atomic E-state index is 12.2. The molecule has 0 aliphatic heterocycles. The van der Waals surface area contributed by atoms with Gasteiger partial charge in [0.1, 0.15) is 6.61 Å². The van der Waals surface area contributed by atoms with Crippen LogP contribution in [0.15, 0.2) is 48.5 Å². The number of nitrogens with zero attached hydrogens (tertiary/aromatic N) is 1. The second-order valence-electron chi connectivity index (χ2n) is 9.34. The van der Waals surface area contributed by atoms with Gasteiger partial charge in [0.2, 0.25) is 17.7 Å². The van der Waals surface area contributed by atoms with Crippen LogP contribution >= 0.6 is 21.6 Å². The van der Waals surface area contributed by atoms with Crippen molar-refractivity contribution in [3.8, 4) is 11.1 Å². The fraction of sp³-hybridized carbons (Fsp3) is 0.448. The smallest absolute Gasteiger partial charge is 0.407 e. The molecule has 2 aromatic carbocycles. The second-order valence-corrected chi connectivity index (χ2v) is 12.0.